The first kappa shape index (κ1) is 43.8. The summed E-state index contributed by atoms with van der Waals surface area (Å²) in [5.41, 5.74) is 0. The summed E-state index contributed by atoms with van der Waals surface area (Å²) in [6, 6.07) is 0. The smallest absolute Gasteiger partial charge is 0.312 e. The molecule has 0 saturated heterocycles. The highest BCUT2D eigenvalue weighted by Crippen LogP contribution is 2.23. The number of hydrogen-bond donors (Lipinski definition) is 0. The Bertz CT molecular complexity index is 231. The molecule has 7 heteroatoms. The van der Waals surface area contributed by atoms with E-state index in [9.17, 15) is 0 Å². The molecule has 0 amide bonds. The summed E-state index contributed by atoms with van der Waals surface area (Å²) in [5, 5.41) is 0. The van der Waals surface area contributed by atoms with Gasteiger partial charge in [0.05, 0.1) is 0 Å². The van der Waals surface area contributed by atoms with Crippen molar-refractivity contribution in [3.63, 3.8) is 0 Å². The molecule has 0 spiro atoms. The molecule has 0 fully saturated rings. The lowest BCUT2D eigenvalue weighted by atomic mass is 11.8. The zero-order valence-corrected chi connectivity index (χ0v) is 17.2. The molecular formula is C16H54O3Si4. The van der Waals surface area contributed by atoms with Crippen molar-refractivity contribution in [2.24, 2.45) is 0 Å². The molecule has 0 aromatic rings. The van der Waals surface area contributed by atoms with Crippen LogP contribution in [0.1, 0.15) is 44.6 Å². The van der Waals surface area contributed by atoms with E-state index in [1.165, 1.54) is 0 Å². The SMILES string of the molecule is C.C.C.C.C.C.C[Si](C)(C)O[Si](C)(C)O[Si](C)(C)O[Si](C)(C)C. The van der Waals surface area contributed by atoms with Crippen LogP contribution in [0.4, 0.5) is 0 Å². The second kappa shape index (κ2) is 14.0. The van der Waals surface area contributed by atoms with Gasteiger partial charge in [0, 0.05) is 0 Å². The van der Waals surface area contributed by atoms with Crippen molar-refractivity contribution in [3.8, 4) is 0 Å². The molecule has 152 valence electrons. The van der Waals surface area contributed by atoms with Gasteiger partial charge in [-0.1, -0.05) is 44.6 Å². The quantitative estimate of drug-likeness (QED) is 0.419. The minimum Gasteiger partial charge on any atom is -0.437 e. The van der Waals surface area contributed by atoms with Crippen molar-refractivity contribution in [2.75, 3.05) is 0 Å². The molecule has 3 nitrogen and oxygen atoms in total. The Morgan fingerprint density at radius 3 is 0.652 bits per heavy atom. The maximum atomic E-state index is 6.28. The Hall–Kier alpha value is 0.748. The lowest BCUT2D eigenvalue weighted by Gasteiger charge is -2.39. The average Bonchev–Trinajstić information content (AvgIpc) is 1.65. The fourth-order valence-corrected chi connectivity index (χ4v) is 19.7. The Morgan fingerprint density at radius 1 is 0.348 bits per heavy atom. The van der Waals surface area contributed by atoms with Crippen LogP contribution in [0.15, 0.2) is 0 Å². The van der Waals surface area contributed by atoms with E-state index in [0.717, 1.165) is 0 Å². The van der Waals surface area contributed by atoms with Crippen LogP contribution in [-0.4, -0.2) is 33.8 Å². The zero-order chi connectivity index (χ0) is 14.1. The number of rotatable bonds is 6. The van der Waals surface area contributed by atoms with Gasteiger partial charge in [-0.15, -0.1) is 0 Å². The van der Waals surface area contributed by atoms with E-state index in [0.29, 0.717) is 0 Å². The molecule has 0 atom stereocenters. The largest absolute Gasteiger partial charge is 0.437 e. The molecule has 0 heterocycles. The van der Waals surface area contributed by atoms with Gasteiger partial charge >= 0.3 is 17.1 Å². The Balaban J connectivity index is -0.0000000853. The molecule has 23 heavy (non-hydrogen) atoms. The van der Waals surface area contributed by atoms with E-state index in [1.807, 2.05) is 0 Å². The Kier molecular flexibility index (Phi) is 26.6. The Morgan fingerprint density at radius 2 is 0.522 bits per heavy atom. The first-order chi connectivity index (χ1) is 7.12. The van der Waals surface area contributed by atoms with Gasteiger partial charge in [0.15, 0.2) is 16.6 Å². The van der Waals surface area contributed by atoms with Gasteiger partial charge in [-0.2, -0.15) is 0 Å². The van der Waals surface area contributed by atoms with Gasteiger partial charge in [-0.3, -0.25) is 0 Å². The van der Waals surface area contributed by atoms with Crippen LogP contribution in [0.3, 0.4) is 0 Å². The summed E-state index contributed by atoms with van der Waals surface area (Å²) in [7, 11) is -7.18. The first-order valence-electron chi connectivity index (χ1n) is 6.22. The summed E-state index contributed by atoms with van der Waals surface area (Å²) in [4.78, 5) is 0. The highest BCUT2D eigenvalue weighted by Gasteiger charge is 2.41. The van der Waals surface area contributed by atoms with Gasteiger partial charge in [-0.05, 0) is 65.5 Å². The van der Waals surface area contributed by atoms with Crippen LogP contribution in [0, 0.1) is 0 Å². The fourth-order valence-electron chi connectivity index (χ4n) is 2.11. The predicted octanol–water partition coefficient (Wildman–Crippen LogP) is 7.93. The third-order valence-corrected chi connectivity index (χ3v) is 14.4. The van der Waals surface area contributed by atoms with E-state index < -0.39 is 33.8 Å². The molecule has 0 radical (unpaired) electrons. The van der Waals surface area contributed by atoms with E-state index in [4.69, 9.17) is 12.3 Å². The van der Waals surface area contributed by atoms with Crippen LogP contribution < -0.4 is 0 Å². The molecule has 0 aromatic carbocycles. The third kappa shape index (κ3) is 27.9. The number of hydrogen-bond acceptors (Lipinski definition) is 3. The van der Waals surface area contributed by atoms with Gasteiger partial charge in [0.25, 0.3) is 0 Å². The molecule has 0 aromatic heterocycles. The van der Waals surface area contributed by atoms with Crippen molar-refractivity contribution in [1.29, 1.82) is 0 Å². The monoisotopic (exact) mass is 406 g/mol. The summed E-state index contributed by atoms with van der Waals surface area (Å²) in [6.07, 6.45) is 0. The molecule has 0 aliphatic rings. The van der Waals surface area contributed by atoms with Crippen molar-refractivity contribution in [2.45, 2.75) is 110 Å². The van der Waals surface area contributed by atoms with Gasteiger partial charge in [0.1, 0.15) is 0 Å². The lowest BCUT2D eigenvalue weighted by Crippen LogP contribution is -2.55. The van der Waals surface area contributed by atoms with Gasteiger partial charge < -0.3 is 12.3 Å². The fraction of sp³-hybridized carbons (Fsp3) is 1.00. The maximum absolute atomic E-state index is 6.28. The van der Waals surface area contributed by atoms with Crippen molar-refractivity contribution < 1.29 is 12.3 Å². The van der Waals surface area contributed by atoms with E-state index in [2.05, 4.69) is 65.5 Å². The standard InChI is InChI=1S/C10H30O3Si4.6CH4/c1-14(2,3)11-16(7,8)13-17(9,10)12-15(4,5)6;;;;;;/h1-10H3;6*1H4. The van der Waals surface area contributed by atoms with Crippen LogP contribution in [0.5, 0.6) is 0 Å². The molecular weight excluding hydrogens is 353 g/mol. The minimum atomic E-state index is -2.05. The van der Waals surface area contributed by atoms with E-state index in [1.54, 1.807) is 0 Å². The molecule has 0 aliphatic carbocycles. The highest BCUT2D eigenvalue weighted by molar-refractivity contribution is 6.89. The average molecular weight is 407 g/mol. The first-order valence-corrected chi connectivity index (χ1v) is 18.7. The van der Waals surface area contributed by atoms with Crippen LogP contribution in [0.25, 0.3) is 0 Å². The van der Waals surface area contributed by atoms with Crippen molar-refractivity contribution in [1.82, 2.24) is 0 Å². The lowest BCUT2D eigenvalue weighted by molar-refractivity contribution is 0.331. The normalized spacial score (nSPS) is 11.2. The summed E-state index contributed by atoms with van der Waals surface area (Å²) < 4.78 is 18.7. The maximum Gasteiger partial charge on any atom is 0.312 e. The van der Waals surface area contributed by atoms with Crippen LogP contribution in [0.2, 0.25) is 65.5 Å². The van der Waals surface area contributed by atoms with E-state index >= 15 is 0 Å². The zero-order valence-electron chi connectivity index (χ0n) is 13.2. The van der Waals surface area contributed by atoms with Crippen LogP contribution >= 0.6 is 0 Å². The van der Waals surface area contributed by atoms with E-state index in [-0.39, 0.29) is 44.6 Å². The third-order valence-electron chi connectivity index (χ3n) is 1.60. The van der Waals surface area contributed by atoms with Crippen molar-refractivity contribution in [3.05, 3.63) is 0 Å². The van der Waals surface area contributed by atoms with Gasteiger partial charge in [-0.25, -0.2) is 0 Å². The molecule has 0 saturated carbocycles. The topological polar surface area (TPSA) is 27.7 Å². The van der Waals surface area contributed by atoms with Crippen molar-refractivity contribution >= 4 is 33.8 Å². The Labute approximate surface area is 156 Å². The van der Waals surface area contributed by atoms with Gasteiger partial charge in [0.2, 0.25) is 0 Å². The molecule has 0 bridgehead atoms. The van der Waals surface area contributed by atoms with Crippen LogP contribution in [-0.2, 0) is 12.3 Å². The second-order valence-electron chi connectivity index (χ2n) is 7.33. The summed E-state index contributed by atoms with van der Waals surface area (Å²) >= 11 is 0. The predicted molar refractivity (Wildman–Crippen MR) is 125 cm³/mol. The minimum absolute atomic E-state index is 0. The molecule has 0 N–H and O–H groups in total. The summed E-state index contributed by atoms with van der Waals surface area (Å²) in [6.45, 7) is 21.8. The molecule has 0 rings (SSSR count). The summed E-state index contributed by atoms with van der Waals surface area (Å²) in [5.74, 6) is 0. The second-order valence-corrected chi connectivity index (χ2v) is 23.8. The highest BCUT2D eigenvalue weighted by atomic mass is 28.5. The molecule has 0 unspecified atom stereocenters. The molecule has 0 aliphatic heterocycles.